The van der Waals surface area contributed by atoms with Crippen LogP contribution in [0.1, 0.15) is 34.6 Å². The standard InChI is InChI=1S/C28H26N2O3/c1-3-30(25-14-9-11-20-10-5-6-12-23(20)25)28(32)21-16-18-22(19-17-21)29-27(31)24-13-7-8-15-26(24)33-4-2/h5-19H,3-4H2,1-2H3,(H,29,31). The van der Waals surface area contributed by atoms with E-state index in [1.807, 2.05) is 62.4 Å². The molecule has 4 rings (SSSR count). The van der Waals surface area contributed by atoms with Crippen molar-refractivity contribution in [3.63, 3.8) is 0 Å². The fourth-order valence-corrected chi connectivity index (χ4v) is 3.85. The first-order valence-corrected chi connectivity index (χ1v) is 11.0. The molecule has 0 unspecified atom stereocenters. The van der Waals surface area contributed by atoms with E-state index in [9.17, 15) is 9.59 Å². The van der Waals surface area contributed by atoms with Gasteiger partial charge in [0, 0.05) is 23.2 Å². The predicted molar refractivity (Wildman–Crippen MR) is 133 cm³/mol. The van der Waals surface area contributed by atoms with E-state index in [1.54, 1.807) is 47.4 Å². The van der Waals surface area contributed by atoms with Crippen LogP contribution in [0.3, 0.4) is 0 Å². The van der Waals surface area contributed by atoms with Crippen LogP contribution in [0.2, 0.25) is 0 Å². The molecule has 5 heteroatoms. The molecule has 0 bridgehead atoms. The smallest absolute Gasteiger partial charge is 0.259 e. The highest BCUT2D eigenvalue weighted by molar-refractivity contribution is 6.11. The van der Waals surface area contributed by atoms with Crippen molar-refractivity contribution in [2.24, 2.45) is 0 Å². The van der Waals surface area contributed by atoms with Crippen LogP contribution in [-0.4, -0.2) is 25.0 Å². The van der Waals surface area contributed by atoms with Crippen LogP contribution in [-0.2, 0) is 0 Å². The van der Waals surface area contributed by atoms with Gasteiger partial charge in [0.05, 0.1) is 17.9 Å². The van der Waals surface area contributed by atoms with Crippen LogP contribution >= 0.6 is 0 Å². The number of benzene rings is 4. The van der Waals surface area contributed by atoms with Crippen LogP contribution in [0, 0.1) is 0 Å². The monoisotopic (exact) mass is 438 g/mol. The van der Waals surface area contributed by atoms with Crippen LogP contribution in [0.25, 0.3) is 10.8 Å². The molecule has 0 heterocycles. The number of ether oxygens (including phenoxy) is 1. The van der Waals surface area contributed by atoms with E-state index in [0.29, 0.717) is 35.7 Å². The molecule has 4 aromatic carbocycles. The average molecular weight is 439 g/mol. The molecule has 0 radical (unpaired) electrons. The zero-order valence-corrected chi connectivity index (χ0v) is 18.7. The minimum Gasteiger partial charge on any atom is -0.493 e. The number of rotatable bonds is 7. The molecule has 0 atom stereocenters. The number of fused-ring (bicyclic) bond motifs is 1. The Bertz CT molecular complexity index is 1280. The maximum atomic E-state index is 13.3. The van der Waals surface area contributed by atoms with E-state index < -0.39 is 0 Å². The van der Waals surface area contributed by atoms with Crippen LogP contribution in [0.5, 0.6) is 5.75 Å². The third-order valence-electron chi connectivity index (χ3n) is 5.44. The summed E-state index contributed by atoms with van der Waals surface area (Å²) in [7, 11) is 0. The number of nitrogens with zero attached hydrogens (tertiary/aromatic N) is 1. The Balaban J connectivity index is 1.54. The Labute approximate surface area is 193 Å². The summed E-state index contributed by atoms with van der Waals surface area (Å²) < 4.78 is 5.55. The second kappa shape index (κ2) is 10.0. The number of anilines is 2. The molecule has 2 amide bonds. The summed E-state index contributed by atoms with van der Waals surface area (Å²) in [6, 6.07) is 28.1. The maximum Gasteiger partial charge on any atom is 0.259 e. The summed E-state index contributed by atoms with van der Waals surface area (Å²) in [6.07, 6.45) is 0. The highest BCUT2D eigenvalue weighted by Gasteiger charge is 2.18. The second-order valence-electron chi connectivity index (χ2n) is 7.51. The zero-order valence-electron chi connectivity index (χ0n) is 18.7. The number of hydrogen-bond donors (Lipinski definition) is 1. The van der Waals surface area contributed by atoms with Gasteiger partial charge in [-0.2, -0.15) is 0 Å². The van der Waals surface area contributed by atoms with Gasteiger partial charge < -0.3 is 15.0 Å². The summed E-state index contributed by atoms with van der Waals surface area (Å²) in [5, 5.41) is 5.00. The fraction of sp³-hybridized carbons (Fsp3) is 0.143. The molecule has 166 valence electrons. The van der Waals surface area contributed by atoms with Gasteiger partial charge >= 0.3 is 0 Å². The fourth-order valence-electron chi connectivity index (χ4n) is 3.85. The molecule has 0 fully saturated rings. The summed E-state index contributed by atoms with van der Waals surface area (Å²) in [5.74, 6) is 0.190. The summed E-state index contributed by atoms with van der Waals surface area (Å²) in [4.78, 5) is 27.8. The number of nitrogens with one attached hydrogen (secondary N) is 1. The van der Waals surface area contributed by atoms with E-state index in [-0.39, 0.29) is 11.8 Å². The number of amides is 2. The van der Waals surface area contributed by atoms with E-state index in [0.717, 1.165) is 16.5 Å². The zero-order chi connectivity index (χ0) is 23.2. The quantitative estimate of drug-likeness (QED) is 0.376. The molecule has 0 spiro atoms. The van der Waals surface area contributed by atoms with Gasteiger partial charge in [-0.05, 0) is 61.7 Å². The number of hydrogen-bond acceptors (Lipinski definition) is 3. The molecule has 5 nitrogen and oxygen atoms in total. The third-order valence-corrected chi connectivity index (χ3v) is 5.44. The lowest BCUT2D eigenvalue weighted by Gasteiger charge is -2.23. The average Bonchev–Trinajstić information content (AvgIpc) is 2.85. The first-order chi connectivity index (χ1) is 16.1. The molecule has 0 saturated heterocycles. The lowest BCUT2D eigenvalue weighted by Crippen LogP contribution is -2.30. The van der Waals surface area contributed by atoms with Gasteiger partial charge in [0.1, 0.15) is 5.75 Å². The Morgan fingerprint density at radius 3 is 2.27 bits per heavy atom. The van der Waals surface area contributed by atoms with E-state index >= 15 is 0 Å². The molecule has 0 aliphatic rings. The molecular weight excluding hydrogens is 412 g/mol. The Morgan fingerprint density at radius 2 is 1.52 bits per heavy atom. The first kappa shape index (κ1) is 22.1. The van der Waals surface area contributed by atoms with E-state index in [4.69, 9.17) is 4.74 Å². The molecule has 1 N–H and O–H groups in total. The molecule has 0 aromatic heterocycles. The molecule has 33 heavy (non-hydrogen) atoms. The van der Waals surface area contributed by atoms with Gasteiger partial charge in [0.25, 0.3) is 11.8 Å². The van der Waals surface area contributed by atoms with Crippen molar-refractivity contribution in [1.29, 1.82) is 0 Å². The summed E-state index contributed by atoms with van der Waals surface area (Å²) in [5.41, 5.74) is 2.51. The Kier molecular flexibility index (Phi) is 6.69. The molecule has 0 saturated carbocycles. The van der Waals surface area contributed by atoms with Crippen LogP contribution in [0.15, 0.2) is 91.0 Å². The molecule has 4 aromatic rings. The summed E-state index contributed by atoms with van der Waals surface area (Å²) >= 11 is 0. The third kappa shape index (κ3) is 4.72. The molecular formula is C28H26N2O3. The SMILES string of the molecule is CCOc1ccccc1C(=O)Nc1ccc(C(=O)N(CC)c2cccc3ccccc23)cc1. The Morgan fingerprint density at radius 1 is 0.818 bits per heavy atom. The molecule has 0 aliphatic heterocycles. The molecule has 0 aliphatic carbocycles. The lowest BCUT2D eigenvalue weighted by atomic mass is 10.1. The number of para-hydroxylation sites is 1. The largest absolute Gasteiger partial charge is 0.493 e. The van der Waals surface area contributed by atoms with Crippen molar-refractivity contribution in [2.75, 3.05) is 23.4 Å². The van der Waals surface area contributed by atoms with Gasteiger partial charge in [-0.3, -0.25) is 9.59 Å². The number of carbonyl (C=O) groups is 2. The Hall–Kier alpha value is -4.12. The van der Waals surface area contributed by atoms with Gasteiger partial charge in [0.2, 0.25) is 0 Å². The second-order valence-corrected chi connectivity index (χ2v) is 7.51. The summed E-state index contributed by atoms with van der Waals surface area (Å²) in [6.45, 7) is 4.86. The predicted octanol–water partition coefficient (Wildman–Crippen LogP) is 6.16. The van der Waals surface area contributed by atoms with Gasteiger partial charge in [-0.25, -0.2) is 0 Å². The van der Waals surface area contributed by atoms with Crippen molar-refractivity contribution >= 4 is 34.0 Å². The van der Waals surface area contributed by atoms with Gasteiger partial charge in [0.15, 0.2) is 0 Å². The first-order valence-electron chi connectivity index (χ1n) is 11.0. The minimum atomic E-state index is -0.260. The van der Waals surface area contributed by atoms with Crippen molar-refractivity contribution in [3.8, 4) is 5.75 Å². The topological polar surface area (TPSA) is 58.6 Å². The van der Waals surface area contributed by atoms with Crippen LogP contribution < -0.4 is 15.0 Å². The van der Waals surface area contributed by atoms with Crippen molar-refractivity contribution in [1.82, 2.24) is 0 Å². The van der Waals surface area contributed by atoms with E-state index in [2.05, 4.69) is 5.32 Å². The normalized spacial score (nSPS) is 10.6. The van der Waals surface area contributed by atoms with Gasteiger partial charge in [-0.15, -0.1) is 0 Å². The maximum absolute atomic E-state index is 13.3. The lowest BCUT2D eigenvalue weighted by molar-refractivity contribution is 0.0987. The minimum absolute atomic E-state index is 0.0894. The highest BCUT2D eigenvalue weighted by atomic mass is 16.5. The van der Waals surface area contributed by atoms with Crippen LogP contribution in [0.4, 0.5) is 11.4 Å². The van der Waals surface area contributed by atoms with Gasteiger partial charge in [-0.1, -0.05) is 48.5 Å². The van der Waals surface area contributed by atoms with Crippen molar-refractivity contribution in [2.45, 2.75) is 13.8 Å². The highest BCUT2D eigenvalue weighted by Crippen LogP contribution is 2.28. The van der Waals surface area contributed by atoms with Crippen molar-refractivity contribution in [3.05, 3.63) is 102 Å². The number of carbonyl (C=O) groups excluding carboxylic acids is 2. The van der Waals surface area contributed by atoms with Crippen molar-refractivity contribution < 1.29 is 14.3 Å². The van der Waals surface area contributed by atoms with E-state index in [1.165, 1.54) is 0 Å².